The molecule has 0 aromatic heterocycles. The number of halogens is 2. The Labute approximate surface area is 157 Å². The molecule has 0 unspecified atom stereocenters. The van der Waals surface area contributed by atoms with Crippen molar-refractivity contribution < 1.29 is 18.4 Å². The van der Waals surface area contributed by atoms with Gasteiger partial charge in [0.25, 0.3) is 0 Å². The van der Waals surface area contributed by atoms with Crippen LogP contribution in [0, 0.1) is 11.6 Å². The highest BCUT2D eigenvalue weighted by molar-refractivity contribution is 5.92. The van der Waals surface area contributed by atoms with Crippen LogP contribution in [0.4, 0.5) is 14.5 Å². The highest BCUT2D eigenvalue weighted by Crippen LogP contribution is 2.10. The lowest BCUT2D eigenvalue weighted by atomic mass is 10.2. The number of rotatable bonds is 7. The van der Waals surface area contributed by atoms with Gasteiger partial charge >= 0.3 is 0 Å². The summed E-state index contributed by atoms with van der Waals surface area (Å²) in [5.41, 5.74) is 1.17. The Morgan fingerprint density at radius 1 is 1.04 bits per heavy atom. The Morgan fingerprint density at radius 2 is 1.70 bits per heavy atom. The van der Waals surface area contributed by atoms with E-state index >= 15 is 0 Å². The average Bonchev–Trinajstić information content (AvgIpc) is 2.62. The molecule has 0 bridgehead atoms. The molecule has 2 amide bonds. The molecule has 0 spiro atoms. The molecule has 7 heteroatoms. The van der Waals surface area contributed by atoms with Crippen LogP contribution in [0.25, 0.3) is 0 Å². The molecule has 1 N–H and O–H groups in total. The van der Waals surface area contributed by atoms with Crippen molar-refractivity contribution in [3.8, 4) is 0 Å². The minimum Gasteiger partial charge on any atom is -0.340 e. The topological polar surface area (TPSA) is 52.7 Å². The number of hydrogen-bond acceptors (Lipinski definition) is 3. The highest BCUT2D eigenvalue weighted by Gasteiger charge is 2.23. The zero-order valence-corrected chi connectivity index (χ0v) is 15.6. The first-order chi connectivity index (χ1) is 12.8. The van der Waals surface area contributed by atoms with Gasteiger partial charge in [0.1, 0.15) is 11.6 Å². The normalized spacial score (nSPS) is 11.9. The van der Waals surface area contributed by atoms with Crippen molar-refractivity contribution in [2.75, 3.05) is 26.0 Å². The van der Waals surface area contributed by atoms with E-state index in [9.17, 15) is 18.4 Å². The second kappa shape index (κ2) is 9.23. The third-order valence-electron chi connectivity index (χ3n) is 4.22. The van der Waals surface area contributed by atoms with Crippen LogP contribution < -0.4 is 5.32 Å². The van der Waals surface area contributed by atoms with E-state index in [0.717, 1.165) is 0 Å². The number of amides is 2. The molecular weight excluding hydrogens is 352 g/mol. The summed E-state index contributed by atoms with van der Waals surface area (Å²) in [6.45, 7) is 1.98. The first-order valence-corrected chi connectivity index (χ1v) is 8.51. The number of likely N-dealkylation sites (N-methyl/N-ethyl adjacent to an activating group) is 2. The van der Waals surface area contributed by atoms with Gasteiger partial charge in [-0.25, -0.2) is 8.78 Å². The molecule has 1 atom stereocenters. The average molecular weight is 375 g/mol. The van der Waals surface area contributed by atoms with Gasteiger partial charge in [0, 0.05) is 19.3 Å². The van der Waals surface area contributed by atoms with E-state index in [1.54, 1.807) is 38.1 Å². The fraction of sp³-hybridized carbons (Fsp3) is 0.300. The Kier molecular flexibility index (Phi) is 7.01. The van der Waals surface area contributed by atoms with Crippen molar-refractivity contribution in [1.29, 1.82) is 0 Å². The molecule has 0 aliphatic heterocycles. The maximum absolute atomic E-state index is 13.3. The summed E-state index contributed by atoms with van der Waals surface area (Å²) < 4.78 is 26.2. The summed E-state index contributed by atoms with van der Waals surface area (Å²) in [6, 6.07) is 11.0. The number of nitrogens with zero attached hydrogens (tertiary/aromatic N) is 2. The quantitative estimate of drug-likeness (QED) is 0.810. The summed E-state index contributed by atoms with van der Waals surface area (Å²) in [7, 11) is 3.30. The van der Waals surface area contributed by atoms with Crippen molar-refractivity contribution in [2.45, 2.75) is 19.5 Å². The van der Waals surface area contributed by atoms with Gasteiger partial charge < -0.3 is 10.2 Å². The van der Waals surface area contributed by atoms with Gasteiger partial charge in [-0.05, 0) is 55.9 Å². The molecule has 0 radical (unpaired) electrons. The minimum atomic E-state index is -0.539. The van der Waals surface area contributed by atoms with E-state index in [2.05, 4.69) is 5.32 Å². The maximum atomic E-state index is 13.3. The monoisotopic (exact) mass is 375 g/mol. The van der Waals surface area contributed by atoms with Gasteiger partial charge in [0.15, 0.2) is 0 Å². The molecule has 0 aliphatic carbocycles. The van der Waals surface area contributed by atoms with Gasteiger partial charge in [-0.3, -0.25) is 14.5 Å². The SMILES string of the molecule is C[C@@H](C(=O)N(C)Cc1cccc(F)c1)N(C)CC(=O)Nc1ccc(F)cc1. The zero-order chi connectivity index (χ0) is 20.0. The number of carbonyl (C=O) groups excluding carboxylic acids is 2. The van der Waals surface area contributed by atoms with Crippen LogP contribution in [0.3, 0.4) is 0 Å². The van der Waals surface area contributed by atoms with Crippen LogP contribution in [0.2, 0.25) is 0 Å². The zero-order valence-electron chi connectivity index (χ0n) is 15.6. The summed E-state index contributed by atoms with van der Waals surface area (Å²) in [5.74, 6) is -1.23. The Morgan fingerprint density at radius 3 is 2.33 bits per heavy atom. The van der Waals surface area contributed by atoms with Crippen LogP contribution in [0.15, 0.2) is 48.5 Å². The van der Waals surface area contributed by atoms with Crippen molar-refractivity contribution in [3.63, 3.8) is 0 Å². The number of hydrogen-bond donors (Lipinski definition) is 1. The lowest BCUT2D eigenvalue weighted by Gasteiger charge is -2.28. The standard InChI is InChI=1S/C20H23F2N3O2/c1-14(20(27)25(3)12-15-5-4-6-17(22)11-15)24(2)13-19(26)23-18-9-7-16(21)8-10-18/h4-11,14H,12-13H2,1-3H3,(H,23,26)/t14-/m0/s1. The fourth-order valence-corrected chi connectivity index (χ4v) is 2.59. The predicted octanol–water partition coefficient (Wildman–Crippen LogP) is 2.88. The largest absolute Gasteiger partial charge is 0.340 e. The summed E-state index contributed by atoms with van der Waals surface area (Å²) in [5, 5.41) is 2.66. The molecule has 0 saturated heterocycles. The van der Waals surface area contributed by atoms with E-state index in [0.29, 0.717) is 11.3 Å². The molecule has 2 aromatic carbocycles. The molecule has 0 heterocycles. The van der Waals surface area contributed by atoms with Crippen molar-refractivity contribution >= 4 is 17.5 Å². The van der Waals surface area contributed by atoms with Gasteiger partial charge in [-0.15, -0.1) is 0 Å². The van der Waals surface area contributed by atoms with Crippen LogP contribution in [-0.4, -0.2) is 48.3 Å². The van der Waals surface area contributed by atoms with Crippen LogP contribution >= 0.6 is 0 Å². The number of anilines is 1. The van der Waals surface area contributed by atoms with E-state index in [4.69, 9.17) is 0 Å². The van der Waals surface area contributed by atoms with E-state index < -0.39 is 6.04 Å². The minimum absolute atomic E-state index is 0.00190. The lowest BCUT2D eigenvalue weighted by molar-refractivity contribution is -0.135. The second-order valence-electron chi connectivity index (χ2n) is 6.47. The molecule has 5 nitrogen and oxygen atoms in total. The van der Waals surface area contributed by atoms with Crippen molar-refractivity contribution in [2.24, 2.45) is 0 Å². The number of benzene rings is 2. The van der Waals surface area contributed by atoms with Gasteiger partial charge in [-0.1, -0.05) is 12.1 Å². The van der Waals surface area contributed by atoms with Crippen LogP contribution in [-0.2, 0) is 16.1 Å². The van der Waals surface area contributed by atoms with Gasteiger partial charge in [-0.2, -0.15) is 0 Å². The highest BCUT2D eigenvalue weighted by atomic mass is 19.1. The van der Waals surface area contributed by atoms with E-state index in [-0.39, 0.29) is 36.5 Å². The first-order valence-electron chi connectivity index (χ1n) is 8.51. The molecule has 2 rings (SSSR count). The predicted molar refractivity (Wildman–Crippen MR) is 100.0 cm³/mol. The Balaban J connectivity index is 1.88. The smallest absolute Gasteiger partial charge is 0.239 e. The van der Waals surface area contributed by atoms with E-state index in [1.807, 2.05) is 0 Å². The Hall–Kier alpha value is -2.80. The molecule has 27 heavy (non-hydrogen) atoms. The Bertz CT molecular complexity index is 796. The molecule has 0 aliphatic rings. The second-order valence-corrected chi connectivity index (χ2v) is 6.47. The summed E-state index contributed by atoms with van der Waals surface area (Å²) >= 11 is 0. The molecular formula is C20H23F2N3O2. The number of carbonyl (C=O) groups is 2. The van der Waals surface area contributed by atoms with Gasteiger partial charge in [0.2, 0.25) is 11.8 Å². The first kappa shape index (κ1) is 20.5. The van der Waals surface area contributed by atoms with Gasteiger partial charge in [0.05, 0.1) is 12.6 Å². The summed E-state index contributed by atoms with van der Waals surface area (Å²) in [4.78, 5) is 27.8. The van der Waals surface area contributed by atoms with E-state index in [1.165, 1.54) is 41.3 Å². The van der Waals surface area contributed by atoms with Crippen molar-refractivity contribution in [1.82, 2.24) is 9.80 Å². The molecule has 0 fully saturated rings. The maximum Gasteiger partial charge on any atom is 0.239 e. The molecule has 0 saturated carbocycles. The molecule has 2 aromatic rings. The number of nitrogens with one attached hydrogen (secondary N) is 1. The van der Waals surface area contributed by atoms with Crippen LogP contribution in [0.5, 0.6) is 0 Å². The van der Waals surface area contributed by atoms with Crippen molar-refractivity contribution in [3.05, 3.63) is 65.7 Å². The van der Waals surface area contributed by atoms with Crippen LogP contribution in [0.1, 0.15) is 12.5 Å². The summed E-state index contributed by atoms with van der Waals surface area (Å²) in [6.07, 6.45) is 0. The third kappa shape index (κ3) is 6.14. The third-order valence-corrected chi connectivity index (χ3v) is 4.22. The molecule has 144 valence electrons. The fourth-order valence-electron chi connectivity index (χ4n) is 2.59. The lowest BCUT2D eigenvalue weighted by Crippen LogP contribution is -2.46.